The van der Waals surface area contributed by atoms with Crippen molar-refractivity contribution in [3.8, 4) is 6.01 Å². The highest BCUT2D eigenvalue weighted by Crippen LogP contribution is 2.36. The van der Waals surface area contributed by atoms with Crippen LogP contribution in [0.15, 0.2) is 12.4 Å². The molecule has 1 saturated carbocycles. The Balaban J connectivity index is 1.55. The third kappa shape index (κ3) is 2.47. The summed E-state index contributed by atoms with van der Waals surface area (Å²) in [5.74, 6) is -0.325. The van der Waals surface area contributed by atoms with Crippen LogP contribution in [0.3, 0.4) is 0 Å². The highest BCUT2D eigenvalue weighted by molar-refractivity contribution is 5.05. The fraction of sp³-hybridized carbons (Fsp3) is 0.692. The van der Waals surface area contributed by atoms with Crippen LogP contribution in [0.4, 0.5) is 0 Å². The first-order chi connectivity index (χ1) is 8.76. The van der Waals surface area contributed by atoms with Gasteiger partial charge in [0.15, 0.2) is 5.79 Å². The molecule has 1 saturated heterocycles. The van der Waals surface area contributed by atoms with E-state index >= 15 is 0 Å². The molecule has 2 heterocycles. The monoisotopic (exact) mass is 250 g/mol. The highest BCUT2D eigenvalue weighted by Gasteiger charge is 2.41. The van der Waals surface area contributed by atoms with Crippen molar-refractivity contribution in [2.45, 2.75) is 44.5 Å². The van der Waals surface area contributed by atoms with Crippen LogP contribution < -0.4 is 4.74 Å². The summed E-state index contributed by atoms with van der Waals surface area (Å²) in [4.78, 5) is 8.33. The van der Waals surface area contributed by atoms with Crippen LogP contribution in [0, 0.1) is 6.92 Å². The first kappa shape index (κ1) is 11.9. The molecule has 0 atom stereocenters. The Hall–Kier alpha value is -1.20. The molecule has 18 heavy (non-hydrogen) atoms. The van der Waals surface area contributed by atoms with Gasteiger partial charge in [0.1, 0.15) is 6.10 Å². The molecule has 2 fully saturated rings. The van der Waals surface area contributed by atoms with E-state index in [4.69, 9.17) is 14.2 Å². The van der Waals surface area contributed by atoms with Crippen molar-refractivity contribution < 1.29 is 14.2 Å². The molecular weight excluding hydrogens is 232 g/mol. The van der Waals surface area contributed by atoms with Crippen molar-refractivity contribution in [3.63, 3.8) is 0 Å². The van der Waals surface area contributed by atoms with E-state index in [1.165, 1.54) is 0 Å². The number of aryl methyl sites for hydroxylation is 1. The van der Waals surface area contributed by atoms with Gasteiger partial charge in [-0.2, -0.15) is 0 Å². The number of nitrogens with zero attached hydrogens (tertiary/aromatic N) is 2. The molecule has 0 amide bonds. The van der Waals surface area contributed by atoms with Gasteiger partial charge < -0.3 is 14.2 Å². The first-order valence-corrected chi connectivity index (χ1v) is 6.49. The van der Waals surface area contributed by atoms with E-state index < -0.39 is 0 Å². The molecule has 1 aliphatic heterocycles. The van der Waals surface area contributed by atoms with E-state index in [2.05, 4.69) is 9.97 Å². The van der Waals surface area contributed by atoms with E-state index in [0.717, 1.165) is 31.2 Å². The largest absolute Gasteiger partial charge is 0.460 e. The molecule has 1 aromatic rings. The van der Waals surface area contributed by atoms with Crippen LogP contribution in [-0.4, -0.2) is 35.1 Å². The highest BCUT2D eigenvalue weighted by atomic mass is 16.7. The Morgan fingerprint density at radius 2 is 1.78 bits per heavy atom. The fourth-order valence-corrected chi connectivity index (χ4v) is 2.53. The van der Waals surface area contributed by atoms with Crippen molar-refractivity contribution in [1.29, 1.82) is 0 Å². The van der Waals surface area contributed by atoms with Crippen molar-refractivity contribution >= 4 is 0 Å². The lowest BCUT2D eigenvalue weighted by atomic mass is 9.92. The number of ether oxygens (including phenoxy) is 3. The van der Waals surface area contributed by atoms with Gasteiger partial charge in [-0.05, 0) is 25.3 Å². The lowest BCUT2D eigenvalue weighted by Gasteiger charge is -2.34. The third-order valence-electron chi connectivity index (χ3n) is 3.54. The van der Waals surface area contributed by atoms with Crippen LogP contribution in [-0.2, 0) is 9.47 Å². The van der Waals surface area contributed by atoms with Gasteiger partial charge in [0.25, 0.3) is 0 Å². The molecular formula is C13H18N2O3. The summed E-state index contributed by atoms with van der Waals surface area (Å²) in [6.45, 7) is 3.39. The summed E-state index contributed by atoms with van der Waals surface area (Å²) in [7, 11) is 0. The smallest absolute Gasteiger partial charge is 0.316 e. The SMILES string of the molecule is Cc1cnc(OC2CCC3(CC2)OCCO3)nc1. The van der Waals surface area contributed by atoms with Crippen LogP contribution >= 0.6 is 0 Å². The summed E-state index contributed by atoms with van der Waals surface area (Å²) in [6, 6.07) is 0.467. The second-order valence-corrected chi connectivity index (χ2v) is 4.97. The molecule has 5 nitrogen and oxygen atoms in total. The van der Waals surface area contributed by atoms with Crippen LogP contribution in [0.2, 0.25) is 0 Å². The Bertz CT molecular complexity index is 391. The molecule has 1 aromatic heterocycles. The van der Waals surface area contributed by atoms with Gasteiger partial charge in [0.2, 0.25) is 0 Å². The van der Waals surface area contributed by atoms with Gasteiger partial charge >= 0.3 is 6.01 Å². The maximum absolute atomic E-state index is 5.78. The van der Waals surface area contributed by atoms with Gasteiger partial charge in [-0.3, -0.25) is 0 Å². The van der Waals surface area contributed by atoms with Crippen LogP contribution in [0.5, 0.6) is 6.01 Å². The maximum atomic E-state index is 5.78. The average Bonchev–Trinajstić information content (AvgIpc) is 2.84. The minimum absolute atomic E-state index is 0.172. The van der Waals surface area contributed by atoms with E-state index in [1.54, 1.807) is 12.4 Å². The lowest BCUT2D eigenvalue weighted by molar-refractivity contribution is -0.186. The molecule has 0 N–H and O–H groups in total. The van der Waals surface area contributed by atoms with Gasteiger partial charge in [0, 0.05) is 25.2 Å². The van der Waals surface area contributed by atoms with E-state index in [9.17, 15) is 0 Å². The minimum Gasteiger partial charge on any atom is -0.460 e. The summed E-state index contributed by atoms with van der Waals surface area (Å²) in [5.41, 5.74) is 1.04. The Kier molecular flexibility index (Phi) is 3.18. The Morgan fingerprint density at radius 1 is 1.17 bits per heavy atom. The molecule has 0 aromatic carbocycles. The fourth-order valence-electron chi connectivity index (χ4n) is 2.53. The minimum atomic E-state index is -0.325. The molecule has 0 unspecified atom stereocenters. The number of hydrogen-bond donors (Lipinski definition) is 0. The van der Waals surface area contributed by atoms with Crippen molar-refractivity contribution in [2.24, 2.45) is 0 Å². The molecule has 1 aliphatic carbocycles. The predicted octanol–water partition coefficient (Wildman–Crippen LogP) is 1.85. The molecule has 5 heteroatoms. The van der Waals surface area contributed by atoms with Crippen LogP contribution in [0.1, 0.15) is 31.2 Å². The number of rotatable bonds is 2. The van der Waals surface area contributed by atoms with Gasteiger partial charge in [-0.15, -0.1) is 0 Å². The summed E-state index contributed by atoms with van der Waals surface area (Å²) in [6.07, 6.45) is 7.36. The molecule has 0 radical (unpaired) electrons. The summed E-state index contributed by atoms with van der Waals surface area (Å²) in [5, 5.41) is 0. The second kappa shape index (κ2) is 4.82. The van der Waals surface area contributed by atoms with Crippen molar-refractivity contribution in [2.75, 3.05) is 13.2 Å². The Morgan fingerprint density at radius 3 is 2.39 bits per heavy atom. The number of aromatic nitrogens is 2. The third-order valence-corrected chi connectivity index (χ3v) is 3.54. The van der Waals surface area contributed by atoms with Crippen LogP contribution in [0.25, 0.3) is 0 Å². The predicted molar refractivity (Wildman–Crippen MR) is 64.3 cm³/mol. The molecule has 0 bridgehead atoms. The average molecular weight is 250 g/mol. The lowest BCUT2D eigenvalue weighted by Crippen LogP contribution is -2.38. The van der Waals surface area contributed by atoms with E-state index in [0.29, 0.717) is 19.2 Å². The van der Waals surface area contributed by atoms with Gasteiger partial charge in [-0.25, -0.2) is 9.97 Å². The molecule has 3 rings (SSSR count). The zero-order chi connectivity index (χ0) is 12.4. The maximum Gasteiger partial charge on any atom is 0.316 e. The zero-order valence-electron chi connectivity index (χ0n) is 10.6. The second-order valence-electron chi connectivity index (χ2n) is 4.97. The standard InChI is InChI=1S/C13H18N2O3/c1-10-8-14-12(15-9-10)18-11-2-4-13(5-3-11)16-6-7-17-13/h8-9,11H,2-7H2,1H3. The Labute approximate surface area is 106 Å². The summed E-state index contributed by atoms with van der Waals surface area (Å²) >= 11 is 0. The molecule has 98 valence electrons. The van der Waals surface area contributed by atoms with Gasteiger partial charge in [-0.1, -0.05) is 0 Å². The quantitative estimate of drug-likeness (QED) is 0.801. The number of hydrogen-bond acceptors (Lipinski definition) is 5. The zero-order valence-corrected chi connectivity index (χ0v) is 10.6. The topological polar surface area (TPSA) is 53.5 Å². The van der Waals surface area contributed by atoms with E-state index in [1.807, 2.05) is 6.92 Å². The van der Waals surface area contributed by atoms with Gasteiger partial charge in [0.05, 0.1) is 13.2 Å². The van der Waals surface area contributed by atoms with Crippen molar-refractivity contribution in [3.05, 3.63) is 18.0 Å². The molecule has 2 aliphatic rings. The summed E-state index contributed by atoms with van der Waals surface area (Å²) < 4.78 is 17.2. The van der Waals surface area contributed by atoms with Crippen molar-refractivity contribution in [1.82, 2.24) is 9.97 Å². The first-order valence-electron chi connectivity index (χ1n) is 6.49. The van der Waals surface area contributed by atoms with E-state index in [-0.39, 0.29) is 11.9 Å². The molecule has 1 spiro atoms. The normalized spacial score (nSPS) is 23.4.